The first kappa shape index (κ1) is 25.9. The highest BCUT2D eigenvalue weighted by Crippen LogP contribution is 2.43. The van der Waals surface area contributed by atoms with Crippen LogP contribution < -0.4 is 0 Å². The number of hydrogen-bond acceptors (Lipinski definition) is 2. The highest BCUT2D eigenvalue weighted by atomic mass is 16.5. The van der Waals surface area contributed by atoms with Gasteiger partial charge in [0.05, 0.1) is 17.6 Å². The van der Waals surface area contributed by atoms with Gasteiger partial charge >= 0.3 is 5.97 Å². The predicted octanol–water partition coefficient (Wildman–Crippen LogP) is 7.87. The van der Waals surface area contributed by atoms with Crippen molar-refractivity contribution in [2.45, 2.75) is 117 Å². The minimum absolute atomic E-state index is 0.00763. The third-order valence-corrected chi connectivity index (χ3v) is 7.67. The first-order valence-electron chi connectivity index (χ1n) is 12.5. The number of ether oxygens (including phenoxy) is 1. The first-order chi connectivity index (χ1) is 14.6. The zero-order valence-corrected chi connectivity index (χ0v) is 20.9. The number of hydrogen-bond donors (Lipinski definition) is 1. The van der Waals surface area contributed by atoms with E-state index in [0.29, 0.717) is 12.0 Å². The molecular weight excluding hydrogens is 384 g/mol. The van der Waals surface area contributed by atoms with Crippen LogP contribution in [-0.4, -0.2) is 22.8 Å². The molecule has 0 bridgehead atoms. The summed E-state index contributed by atoms with van der Waals surface area (Å²) in [5.74, 6) is 0.421. The Morgan fingerprint density at radius 3 is 2.61 bits per heavy atom. The zero-order valence-electron chi connectivity index (χ0n) is 20.9. The van der Waals surface area contributed by atoms with Crippen molar-refractivity contribution in [2.75, 3.05) is 0 Å². The lowest BCUT2D eigenvalue weighted by atomic mass is 9.74. The van der Waals surface area contributed by atoms with Gasteiger partial charge < -0.3 is 9.84 Å². The fourth-order valence-electron chi connectivity index (χ4n) is 4.87. The molecule has 3 nitrogen and oxygen atoms in total. The Hall–Kier alpha value is -1.35. The monoisotopic (exact) mass is 430 g/mol. The molecule has 0 radical (unpaired) electrons. The Kier molecular flexibility index (Phi) is 10.1. The standard InChI is InChI=1S/C28H46O3/c1-20(12-8-14-23(4)27(29)30)10-7-11-21(2)13-9-18-28(6)19-17-25-16-15-22(3)24(5)26(25)31-28/h10,13,16,22-24,26H,7-9,11-12,14-15,17-19H2,1-6H3,(H,29,30)/b20-10+,21-13+. The predicted molar refractivity (Wildman–Crippen MR) is 130 cm³/mol. The lowest BCUT2D eigenvalue weighted by Gasteiger charge is -2.46. The average molecular weight is 431 g/mol. The number of rotatable bonds is 11. The van der Waals surface area contributed by atoms with E-state index in [2.05, 4.69) is 52.8 Å². The molecule has 0 aromatic rings. The SMILES string of the molecule is C/C(=C\CCC1(C)CCC2=CCC(C)C(C)C2O1)CC/C=C(\C)CCCC(C)C(=O)O. The highest BCUT2D eigenvalue weighted by molar-refractivity contribution is 5.69. The molecule has 2 aliphatic rings. The first-order valence-corrected chi connectivity index (χ1v) is 12.5. The molecule has 31 heavy (non-hydrogen) atoms. The molecule has 1 aliphatic carbocycles. The maximum Gasteiger partial charge on any atom is 0.306 e. The summed E-state index contributed by atoms with van der Waals surface area (Å²) >= 11 is 0. The average Bonchev–Trinajstić information content (AvgIpc) is 2.71. The van der Waals surface area contributed by atoms with Crippen LogP contribution in [0.4, 0.5) is 0 Å². The number of carboxylic acid groups (broad SMARTS) is 1. The van der Waals surface area contributed by atoms with E-state index in [1.165, 1.54) is 24.0 Å². The molecule has 5 unspecified atom stereocenters. The minimum Gasteiger partial charge on any atom is -0.481 e. The van der Waals surface area contributed by atoms with Crippen LogP contribution in [0.25, 0.3) is 0 Å². The maximum atomic E-state index is 10.9. The van der Waals surface area contributed by atoms with Crippen molar-refractivity contribution in [1.29, 1.82) is 0 Å². The number of carboxylic acids is 1. The van der Waals surface area contributed by atoms with Crippen LogP contribution in [0, 0.1) is 17.8 Å². The third-order valence-electron chi connectivity index (χ3n) is 7.67. The quantitative estimate of drug-likeness (QED) is 0.339. The molecule has 1 aliphatic heterocycles. The van der Waals surface area contributed by atoms with Crippen LogP contribution in [0.5, 0.6) is 0 Å². The van der Waals surface area contributed by atoms with Crippen molar-refractivity contribution in [3.05, 3.63) is 34.9 Å². The van der Waals surface area contributed by atoms with Crippen molar-refractivity contribution in [3.8, 4) is 0 Å². The molecule has 1 fully saturated rings. The summed E-state index contributed by atoms with van der Waals surface area (Å²) < 4.78 is 6.68. The van der Waals surface area contributed by atoms with Gasteiger partial charge in [-0.05, 0) is 102 Å². The Labute approximate surface area is 191 Å². The van der Waals surface area contributed by atoms with Gasteiger partial charge in [-0.1, -0.05) is 50.1 Å². The second kappa shape index (κ2) is 12.0. The highest BCUT2D eigenvalue weighted by Gasteiger charge is 2.40. The van der Waals surface area contributed by atoms with Crippen LogP contribution in [0.3, 0.4) is 0 Å². The Balaban J connectivity index is 1.70. The molecule has 0 spiro atoms. The lowest BCUT2D eigenvalue weighted by molar-refractivity contribution is -0.141. The normalized spacial score (nSPS) is 30.5. The zero-order chi connectivity index (χ0) is 23.0. The van der Waals surface area contributed by atoms with E-state index in [9.17, 15) is 4.79 Å². The van der Waals surface area contributed by atoms with Gasteiger partial charge in [0.1, 0.15) is 0 Å². The van der Waals surface area contributed by atoms with Crippen LogP contribution in [0.1, 0.15) is 106 Å². The van der Waals surface area contributed by atoms with Gasteiger partial charge in [-0.25, -0.2) is 0 Å². The molecule has 1 saturated heterocycles. The molecule has 1 N–H and O–H groups in total. The Morgan fingerprint density at radius 2 is 1.90 bits per heavy atom. The van der Waals surface area contributed by atoms with Gasteiger partial charge in [-0.15, -0.1) is 0 Å². The molecule has 1 heterocycles. The van der Waals surface area contributed by atoms with Crippen LogP contribution in [0.2, 0.25) is 0 Å². The molecular formula is C28H46O3. The number of allylic oxidation sites excluding steroid dienone is 5. The summed E-state index contributed by atoms with van der Waals surface area (Å²) in [6.07, 6.45) is 18.2. The molecule has 2 rings (SSSR count). The smallest absolute Gasteiger partial charge is 0.306 e. The van der Waals surface area contributed by atoms with Gasteiger partial charge in [-0.2, -0.15) is 0 Å². The summed E-state index contributed by atoms with van der Waals surface area (Å²) in [5, 5.41) is 8.96. The Bertz CT molecular complexity index is 686. The van der Waals surface area contributed by atoms with E-state index in [0.717, 1.165) is 57.3 Å². The van der Waals surface area contributed by atoms with Crippen molar-refractivity contribution < 1.29 is 14.6 Å². The van der Waals surface area contributed by atoms with Gasteiger partial charge in [0.15, 0.2) is 0 Å². The maximum absolute atomic E-state index is 10.9. The van der Waals surface area contributed by atoms with Crippen molar-refractivity contribution >= 4 is 5.97 Å². The fourth-order valence-corrected chi connectivity index (χ4v) is 4.87. The van der Waals surface area contributed by atoms with E-state index in [1.807, 2.05) is 0 Å². The molecule has 0 amide bonds. The number of carbonyl (C=O) groups is 1. The minimum atomic E-state index is -0.686. The second-order valence-electron chi connectivity index (χ2n) is 10.6. The molecule has 176 valence electrons. The molecule has 0 saturated carbocycles. The topological polar surface area (TPSA) is 46.5 Å². The van der Waals surface area contributed by atoms with Crippen LogP contribution >= 0.6 is 0 Å². The van der Waals surface area contributed by atoms with Crippen LogP contribution in [0.15, 0.2) is 34.9 Å². The Morgan fingerprint density at radius 1 is 1.23 bits per heavy atom. The summed E-state index contributed by atoms with van der Waals surface area (Å²) in [6, 6.07) is 0. The largest absolute Gasteiger partial charge is 0.481 e. The number of aliphatic carboxylic acids is 1. The molecule has 0 aromatic carbocycles. The summed E-state index contributed by atoms with van der Waals surface area (Å²) in [6.45, 7) is 13.2. The fraction of sp³-hybridized carbons (Fsp3) is 0.750. The summed E-state index contributed by atoms with van der Waals surface area (Å²) in [4.78, 5) is 10.9. The van der Waals surface area contributed by atoms with Gasteiger partial charge in [0, 0.05) is 0 Å². The van der Waals surface area contributed by atoms with Gasteiger partial charge in [0.25, 0.3) is 0 Å². The van der Waals surface area contributed by atoms with E-state index in [4.69, 9.17) is 9.84 Å². The summed E-state index contributed by atoms with van der Waals surface area (Å²) in [5.41, 5.74) is 4.40. The summed E-state index contributed by atoms with van der Waals surface area (Å²) in [7, 11) is 0. The molecule has 5 atom stereocenters. The van der Waals surface area contributed by atoms with E-state index < -0.39 is 5.97 Å². The van der Waals surface area contributed by atoms with Crippen molar-refractivity contribution in [3.63, 3.8) is 0 Å². The third kappa shape index (κ3) is 8.25. The van der Waals surface area contributed by atoms with Crippen molar-refractivity contribution in [2.24, 2.45) is 17.8 Å². The second-order valence-corrected chi connectivity index (χ2v) is 10.6. The molecule has 0 aromatic heterocycles. The van der Waals surface area contributed by atoms with Gasteiger partial charge in [0.2, 0.25) is 0 Å². The van der Waals surface area contributed by atoms with E-state index >= 15 is 0 Å². The van der Waals surface area contributed by atoms with E-state index in [1.54, 1.807) is 12.5 Å². The van der Waals surface area contributed by atoms with E-state index in [-0.39, 0.29) is 11.5 Å². The van der Waals surface area contributed by atoms with Gasteiger partial charge in [-0.3, -0.25) is 4.79 Å². The number of fused-ring (bicyclic) bond motifs is 1. The molecule has 3 heteroatoms. The van der Waals surface area contributed by atoms with Crippen molar-refractivity contribution in [1.82, 2.24) is 0 Å². The van der Waals surface area contributed by atoms with Crippen LogP contribution in [-0.2, 0) is 9.53 Å². The lowest BCUT2D eigenvalue weighted by Crippen LogP contribution is -2.44.